The summed E-state index contributed by atoms with van der Waals surface area (Å²) >= 11 is 0. The van der Waals surface area contributed by atoms with Crippen molar-refractivity contribution >= 4 is 17.3 Å². The second-order valence-electron chi connectivity index (χ2n) is 8.81. The van der Waals surface area contributed by atoms with Crippen molar-refractivity contribution in [1.82, 2.24) is 0 Å². The Labute approximate surface area is 201 Å². The van der Waals surface area contributed by atoms with Gasteiger partial charge >= 0.3 is 0 Å². The number of benzene rings is 3. The Morgan fingerprint density at radius 3 is 2.29 bits per heavy atom. The summed E-state index contributed by atoms with van der Waals surface area (Å²) < 4.78 is 5.60. The summed E-state index contributed by atoms with van der Waals surface area (Å²) in [5, 5.41) is 9.17. The van der Waals surface area contributed by atoms with Crippen LogP contribution in [0.25, 0.3) is 0 Å². The van der Waals surface area contributed by atoms with Gasteiger partial charge in [0, 0.05) is 25.5 Å². The average Bonchev–Trinajstić information content (AvgIpc) is 2.87. The van der Waals surface area contributed by atoms with E-state index in [9.17, 15) is 4.79 Å². The van der Waals surface area contributed by atoms with E-state index in [2.05, 4.69) is 34.1 Å². The summed E-state index contributed by atoms with van der Waals surface area (Å²) in [5.74, 6) is 0.871. The Hall–Kier alpha value is -3.51. The third-order valence-electron chi connectivity index (χ3n) is 6.35. The Kier molecular flexibility index (Phi) is 7.38. The number of anilines is 2. The molecule has 1 N–H and O–H groups in total. The SMILES string of the molecule is CCOc1ccc(N(Cc2ccc(N(C)C)cc2)C(=O)C2CCCc3ccc(OO)cc32)cc1. The first kappa shape index (κ1) is 23.6. The zero-order chi connectivity index (χ0) is 24.1. The van der Waals surface area contributed by atoms with Crippen molar-refractivity contribution in [3.8, 4) is 11.5 Å². The first-order valence-corrected chi connectivity index (χ1v) is 11.7. The number of carbonyl (C=O) groups is 1. The lowest BCUT2D eigenvalue weighted by molar-refractivity contribution is -0.137. The van der Waals surface area contributed by atoms with Gasteiger partial charge < -0.3 is 19.4 Å². The highest BCUT2D eigenvalue weighted by atomic mass is 17.1. The van der Waals surface area contributed by atoms with E-state index in [1.54, 1.807) is 12.1 Å². The molecular formula is C28H32N2O4. The highest BCUT2D eigenvalue weighted by Crippen LogP contribution is 2.37. The topological polar surface area (TPSA) is 62.2 Å². The fourth-order valence-corrected chi connectivity index (χ4v) is 4.55. The van der Waals surface area contributed by atoms with E-state index in [-0.39, 0.29) is 11.8 Å². The molecule has 4 rings (SSSR count). The van der Waals surface area contributed by atoms with Crippen molar-refractivity contribution in [1.29, 1.82) is 0 Å². The highest BCUT2D eigenvalue weighted by Gasteiger charge is 2.31. The third kappa shape index (κ3) is 5.18. The molecule has 0 fully saturated rings. The Bertz CT molecular complexity index is 1110. The van der Waals surface area contributed by atoms with Crippen LogP contribution < -0.4 is 19.4 Å². The number of ether oxygens (including phenoxy) is 1. The molecule has 34 heavy (non-hydrogen) atoms. The van der Waals surface area contributed by atoms with Crippen LogP contribution in [0.15, 0.2) is 66.7 Å². The average molecular weight is 461 g/mol. The highest BCUT2D eigenvalue weighted by molar-refractivity contribution is 5.98. The number of amides is 1. The predicted molar refractivity (Wildman–Crippen MR) is 135 cm³/mol. The minimum atomic E-state index is -0.300. The number of hydrogen-bond acceptors (Lipinski definition) is 5. The quantitative estimate of drug-likeness (QED) is 0.347. The van der Waals surface area contributed by atoms with Gasteiger partial charge in [-0.3, -0.25) is 4.79 Å². The number of fused-ring (bicyclic) bond motifs is 1. The normalized spacial score (nSPS) is 14.8. The van der Waals surface area contributed by atoms with Crippen LogP contribution in [0.3, 0.4) is 0 Å². The van der Waals surface area contributed by atoms with E-state index in [1.807, 2.05) is 56.3 Å². The van der Waals surface area contributed by atoms with Gasteiger partial charge in [0.1, 0.15) is 5.75 Å². The maximum Gasteiger partial charge on any atom is 0.234 e. The maximum absolute atomic E-state index is 14.0. The molecule has 0 aliphatic heterocycles. The summed E-state index contributed by atoms with van der Waals surface area (Å²) in [6.45, 7) is 3.00. The molecule has 0 radical (unpaired) electrons. The van der Waals surface area contributed by atoms with Crippen molar-refractivity contribution < 1.29 is 19.7 Å². The molecule has 1 unspecified atom stereocenters. The standard InChI is InChI=1S/C28H32N2O4/c1-4-33-24-16-13-23(14-17-24)30(19-20-8-11-22(12-9-20)29(2)3)28(31)26-7-5-6-21-10-15-25(34-32)18-27(21)26/h8-18,26,32H,4-7,19H2,1-3H3. The van der Waals surface area contributed by atoms with Crippen LogP contribution >= 0.6 is 0 Å². The smallest absolute Gasteiger partial charge is 0.234 e. The lowest BCUT2D eigenvalue weighted by Gasteiger charge is -2.31. The monoisotopic (exact) mass is 460 g/mol. The first-order valence-electron chi connectivity index (χ1n) is 11.7. The number of rotatable bonds is 8. The van der Waals surface area contributed by atoms with Crippen molar-refractivity contribution in [3.63, 3.8) is 0 Å². The minimum absolute atomic E-state index is 0.0388. The molecule has 0 saturated heterocycles. The summed E-state index contributed by atoms with van der Waals surface area (Å²) in [5.41, 5.74) is 5.05. The van der Waals surface area contributed by atoms with Gasteiger partial charge in [-0.25, -0.2) is 5.26 Å². The molecule has 6 nitrogen and oxygen atoms in total. The van der Waals surface area contributed by atoms with E-state index in [0.717, 1.165) is 53.1 Å². The molecule has 0 heterocycles. The molecule has 3 aromatic rings. The van der Waals surface area contributed by atoms with Crippen LogP contribution in [0.2, 0.25) is 0 Å². The lowest BCUT2D eigenvalue weighted by Crippen LogP contribution is -2.36. The summed E-state index contributed by atoms with van der Waals surface area (Å²) in [6, 6.07) is 21.4. The van der Waals surface area contributed by atoms with Crippen molar-refractivity contribution in [2.24, 2.45) is 0 Å². The molecule has 0 bridgehead atoms. The molecule has 0 saturated carbocycles. The predicted octanol–water partition coefficient (Wildman–Crippen LogP) is 5.66. The van der Waals surface area contributed by atoms with Crippen molar-refractivity contribution in [2.45, 2.75) is 38.6 Å². The zero-order valence-corrected chi connectivity index (χ0v) is 20.0. The van der Waals surface area contributed by atoms with Gasteiger partial charge in [0.05, 0.1) is 19.1 Å². The molecule has 0 spiro atoms. The van der Waals surface area contributed by atoms with Crippen LogP contribution in [-0.4, -0.2) is 31.9 Å². The molecule has 0 aromatic heterocycles. The molecule has 1 aliphatic rings. The van der Waals surface area contributed by atoms with Crippen LogP contribution in [0.4, 0.5) is 11.4 Å². The van der Waals surface area contributed by atoms with Gasteiger partial charge in [-0.05, 0) is 91.4 Å². The first-order chi connectivity index (χ1) is 16.5. The van der Waals surface area contributed by atoms with Crippen molar-refractivity contribution in [2.75, 3.05) is 30.5 Å². The number of hydrogen-bond donors (Lipinski definition) is 1. The van der Waals surface area contributed by atoms with Crippen LogP contribution in [0.1, 0.15) is 42.4 Å². The zero-order valence-electron chi connectivity index (χ0n) is 20.0. The molecular weight excluding hydrogens is 428 g/mol. The summed E-state index contributed by atoms with van der Waals surface area (Å²) in [6.07, 6.45) is 2.62. The second-order valence-corrected chi connectivity index (χ2v) is 8.81. The molecule has 178 valence electrons. The van der Waals surface area contributed by atoms with Gasteiger partial charge in [-0.15, -0.1) is 0 Å². The largest absolute Gasteiger partial charge is 0.494 e. The van der Waals surface area contributed by atoms with E-state index in [1.165, 1.54) is 0 Å². The fourth-order valence-electron chi connectivity index (χ4n) is 4.55. The lowest BCUT2D eigenvalue weighted by atomic mass is 9.81. The molecule has 1 amide bonds. The second kappa shape index (κ2) is 10.6. The van der Waals surface area contributed by atoms with Gasteiger partial charge in [-0.2, -0.15) is 0 Å². The fraction of sp³-hybridized carbons (Fsp3) is 0.321. The van der Waals surface area contributed by atoms with Crippen LogP contribution in [0, 0.1) is 0 Å². The number of aryl methyl sites for hydroxylation is 1. The summed E-state index contributed by atoms with van der Waals surface area (Å²) in [4.78, 5) is 22.4. The Morgan fingerprint density at radius 1 is 0.971 bits per heavy atom. The Balaban J connectivity index is 1.68. The van der Waals surface area contributed by atoms with Gasteiger partial charge in [0.2, 0.25) is 5.91 Å². The van der Waals surface area contributed by atoms with E-state index in [4.69, 9.17) is 9.99 Å². The van der Waals surface area contributed by atoms with Gasteiger partial charge in [0.25, 0.3) is 0 Å². The van der Waals surface area contributed by atoms with Gasteiger partial charge in [0.15, 0.2) is 5.75 Å². The van der Waals surface area contributed by atoms with E-state index >= 15 is 0 Å². The molecule has 1 atom stereocenters. The molecule has 3 aromatic carbocycles. The van der Waals surface area contributed by atoms with E-state index < -0.39 is 0 Å². The minimum Gasteiger partial charge on any atom is -0.494 e. The summed E-state index contributed by atoms with van der Waals surface area (Å²) in [7, 11) is 4.02. The van der Waals surface area contributed by atoms with Crippen LogP contribution in [0.5, 0.6) is 11.5 Å². The number of carbonyl (C=O) groups excluding carboxylic acids is 1. The maximum atomic E-state index is 14.0. The Morgan fingerprint density at radius 2 is 1.65 bits per heavy atom. The van der Waals surface area contributed by atoms with Gasteiger partial charge in [-0.1, -0.05) is 18.2 Å². The van der Waals surface area contributed by atoms with E-state index in [0.29, 0.717) is 18.9 Å². The molecule has 6 heteroatoms. The van der Waals surface area contributed by atoms with Crippen LogP contribution in [-0.2, 0) is 17.8 Å². The third-order valence-corrected chi connectivity index (χ3v) is 6.35. The van der Waals surface area contributed by atoms with Crippen molar-refractivity contribution in [3.05, 3.63) is 83.4 Å². The molecule has 1 aliphatic carbocycles. The number of nitrogens with zero attached hydrogens (tertiary/aromatic N) is 2.